The Labute approximate surface area is 165 Å². The summed E-state index contributed by atoms with van der Waals surface area (Å²) in [6.07, 6.45) is 0. The summed E-state index contributed by atoms with van der Waals surface area (Å²) >= 11 is 0.873. The lowest BCUT2D eigenvalue weighted by atomic mass is 10.1. The highest BCUT2D eigenvalue weighted by Crippen LogP contribution is 2.36. The quantitative estimate of drug-likeness (QED) is 0.680. The number of fused-ring (bicyclic) bond motifs is 1. The predicted molar refractivity (Wildman–Crippen MR) is 110 cm³/mol. The number of thioether (sulfide) groups is 1. The maximum Gasteiger partial charge on any atom is 0.295 e. The van der Waals surface area contributed by atoms with Crippen LogP contribution in [-0.4, -0.2) is 24.9 Å². The monoisotopic (exact) mass is 413 g/mol. The van der Waals surface area contributed by atoms with Gasteiger partial charge in [-0.25, -0.2) is 18.5 Å². The van der Waals surface area contributed by atoms with E-state index in [1.165, 1.54) is 29.2 Å². The zero-order valence-corrected chi connectivity index (χ0v) is 16.0. The Hall–Kier alpha value is -2.88. The van der Waals surface area contributed by atoms with Crippen molar-refractivity contribution < 1.29 is 18.0 Å². The van der Waals surface area contributed by atoms with E-state index in [0.717, 1.165) is 22.5 Å². The standard InChI is InChI=1S/C19H15N3O4S2/c20-28(25,26)14-10-8-13(9-11-14)21-17-18(23)22(19(24)27-17)16-7-3-5-12-4-1-2-6-15(12)16/h1-11,17,21H,(H2,20,25,26). The van der Waals surface area contributed by atoms with Crippen LogP contribution in [0.3, 0.4) is 0 Å². The minimum absolute atomic E-state index is 0.0306. The Bertz CT molecular complexity index is 1190. The largest absolute Gasteiger partial charge is 0.365 e. The van der Waals surface area contributed by atoms with Crippen LogP contribution in [0.4, 0.5) is 16.2 Å². The molecule has 3 aromatic carbocycles. The summed E-state index contributed by atoms with van der Waals surface area (Å²) in [5, 5.41) is 8.60. The number of anilines is 2. The van der Waals surface area contributed by atoms with Gasteiger partial charge in [0, 0.05) is 11.1 Å². The van der Waals surface area contributed by atoms with Crippen molar-refractivity contribution in [1.82, 2.24) is 0 Å². The molecule has 0 spiro atoms. The molecule has 28 heavy (non-hydrogen) atoms. The molecule has 1 fully saturated rings. The maximum absolute atomic E-state index is 12.9. The number of benzene rings is 3. The van der Waals surface area contributed by atoms with Gasteiger partial charge in [0.15, 0.2) is 5.37 Å². The van der Waals surface area contributed by atoms with Crippen molar-refractivity contribution in [2.75, 3.05) is 10.2 Å². The SMILES string of the molecule is NS(=O)(=O)c1ccc(NC2SC(=O)N(c3cccc4ccccc34)C2=O)cc1. The van der Waals surface area contributed by atoms with E-state index in [2.05, 4.69) is 5.32 Å². The maximum atomic E-state index is 12.9. The molecular formula is C19H15N3O4S2. The summed E-state index contributed by atoms with van der Waals surface area (Å²) in [6, 6.07) is 18.7. The van der Waals surface area contributed by atoms with Crippen molar-refractivity contribution in [3.63, 3.8) is 0 Å². The van der Waals surface area contributed by atoms with Gasteiger partial charge in [-0.3, -0.25) is 9.59 Å². The lowest BCUT2D eigenvalue weighted by molar-refractivity contribution is -0.116. The third-order valence-corrected chi connectivity index (χ3v) is 6.20. The first-order valence-electron chi connectivity index (χ1n) is 8.26. The normalized spacial score (nSPS) is 17.3. The number of amides is 2. The van der Waals surface area contributed by atoms with Gasteiger partial charge in [0.2, 0.25) is 10.0 Å². The highest BCUT2D eigenvalue weighted by Gasteiger charge is 2.41. The molecule has 0 radical (unpaired) electrons. The Balaban J connectivity index is 1.61. The van der Waals surface area contributed by atoms with Crippen molar-refractivity contribution in [2.24, 2.45) is 5.14 Å². The van der Waals surface area contributed by atoms with E-state index in [1.54, 1.807) is 12.1 Å². The van der Waals surface area contributed by atoms with Crippen LogP contribution in [0.5, 0.6) is 0 Å². The third kappa shape index (κ3) is 3.35. The second-order valence-corrected chi connectivity index (χ2v) is 8.77. The summed E-state index contributed by atoms with van der Waals surface area (Å²) < 4.78 is 22.7. The number of carbonyl (C=O) groups excluding carboxylic acids is 2. The summed E-state index contributed by atoms with van der Waals surface area (Å²) in [5.74, 6) is -0.387. The molecule has 1 saturated heterocycles. The molecule has 2 amide bonds. The molecular weight excluding hydrogens is 398 g/mol. The Morgan fingerprint density at radius 2 is 1.61 bits per heavy atom. The lowest BCUT2D eigenvalue weighted by Crippen LogP contribution is -2.34. The van der Waals surface area contributed by atoms with Gasteiger partial charge in [0.1, 0.15) is 0 Å². The van der Waals surface area contributed by atoms with Crippen LogP contribution >= 0.6 is 11.8 Å². The van der Waals surface area contributed by atoms with Crippen molar-refractivity contribution in [2.45, 2.75) is 10.3 Å². The van der Waals surface area contributed by atoms with Crippen molar-refractivity contribution >= 4 is 55.1 Å². The van der Waals surface area contributed by atoms with Crippen LogP contribution in [0.15, 0.2) is 71.6 Å². The second-order valence-electron chi connectivity index (χ2n) is 6.15. The second kappa shape index (κ2) is 6.93. The number of sulfonamides is 1. The fourth-order valence-electron chi connectivity index (χ4n) is 3.01. The smallest absolute Gasteiger partial charge is 0.295 e. The molecule has 3 N–H and O–H groups in total. The van der Waals surface area contributed by atoms with Gasteiger partial charge in [-0.2, -0.15) is 0 Å². The molecule has 4 rings (SSSR count). The van der Waals surface area contributed by atoms with Crippen LogP contribution in [0.25, 0.3) is 10.8 Å². The molecule has 3 aromatic rings. The number of hydrogen-bond donors (Lipinski definition) is 2. The zero-order valence-electron chi connectivity index (χ0n) is 14.4. The van der Waals surface area contributed by atoms with Gasteiger partial charge < -0.3 is 5.32 Å². The van der Waals surface area contributed by atoms with E-state index in [4.69, 9.17) is 5.14 Å². The average molecular weight is 413 g/mol. The van der Waals surface area contributed by atoms with Crippen LogP contribution < -0.4 is 15.4 Å². The molecule has 1 heterocycles. The van der Waals surface area contributed by atoms with Gasteiger partial charge in [-0.05, 0) is 47.5 Å². The molecule has 1 atom stereocenters. The summed E-state index contributed by atoms with van der Waals surface area (Å²) in [6.45, 7) is 0. The fourth-order valence-corrected chi connectivity index (χ4v) is 4.43. The molecule has 7 nitrogen and oxygen atoms in total. The average Bonchev–Trinajstić information content (AvgIpc) is 2.94. The van der Waals surface area contributed by atoms with Crippen molar-refractivity contribution in [3.8, 4) is 0 Å². The first-order chi connectivity index (χ1) is 13.3. The molecule has 142 valence electrons. The molecule has 1 aliphatic heterocycles. The van der Waals surface area contributed by atoms with E-state index in [-0.39, 0.29) is 16.0 Å². The number of hydrogen-bond acceptors (Lipinski definition) is 6. The Morgan fingerprint density at radius 3 is 2.32 bits per heavy atom. The molecule has 1 unspecified atom stereocenters. The van der Waals surface area contributed by atoms with Crippen LogP contribution in [-0.2, 0) is 14.8 Å². The first-order valence-corrected chi connectivity index (χ1v) is 10.7. The van der Waals surface area contributed by atoms with E-state index in [1.807, 2.05) is 30.3 Å². The van der Waals surface area contributed by atoms with Gasteiger partial charge >= 0.3 is 0 Å². The summed E-state index contributed by atoms with van der Waals surface area (Å²) in [5.41, 5.74) is 1.04. The van der Waals surface area contributed by atoms with Gasteiger partial charge in [-0.15, -0.1) is 0 Å². The molecule has 0 aromatic heterocycles. The lowest BCUT2D eigenvalue weighted by Gasteiger charge is -2.17. The van der Waals surface area contributed by atoms with E-state index < -0.39 is 15.4 Å². The highest BCUT2D eigenvalue weighted by atomic mass is 32.2. The number of carbonyl (C=O) groups is 2. The molecule has 1 aliphatic rings. The first kappa shape index (κ1) is 18.5. The minimum atomic E-state index is -3.79. The number of nitrogens with zero attached hydrogens (tertiary/aromatic N) is 1. The third-order valence-electron chi connectivity index (χ3n) is 4.33. The zero-order chi connectivity index (χ0) is 19.9. The topological polar surface area (TPSA) is 110 Å². The Kier molecular flexibility index (Phi) is 4.58. The summed E-state index contributed by atoms with van der Waals surface area (Å²) in [7, 11) is -3.79. The van der Waals surface area contributed by atoms with Crippen LogP contribution in [0.1, 0.15) is 0 Å². The number of primary sulfonamides is 1. The molecule has 0 aliphatic carbocycles. The van der Waals surface area contributed by atoms with Crippen molar-refractivity contribution in [3.05, 3.63) is 66.7 Å². The predicted octanol–water partition coefficient (Wildman–Crippen LogP) is 3.13. The van der Waals surface area contributed by atoms with E-state index in [0.29, 0.717) is 11.4 Å². The van der Waals surface area contributed by atoms with Crippen LogP contribution in [0.2, 0.25) is 0 Å². The number of nitrogens with two attached hydrogens (primary N) is 1. The fraction of sp³-hybridized carbons (Fsp3) is 0.0526. The van der Waals surface area contributed by atoms with Crippen molar-refractivity contribution in [1.29, 1.82) is 0 Å². The number of imide groups is 1. The number of rotatable bonds is 4. The molecule has 9 heteroatoms. The van der Waals surface area contributed by atoms with Gasteiger partial charge in [0.05, 0.1) is 10.6 Å². The highest BCUT2D eigenvalue weighted by molar-refractivity contribution is 8.16. The van der Waals surface area contributed by atoms with E-state index >= 15 is 0 Å². The number of nitrogens with one attached hydrogen (secondary N) is 1. The molecule has 0 bridgehead atoms. The minimum Gasteiger partial charge on any atom is -0.365 e. The Morgan fingerprint density at radius 1 is 0.929 bits per heavy atom. The van der Waals surface area contributed by atoms with Gasteiger partial charge in [-0.1, -0.05) is 36.4 Å². The van der Waals surface area contributed by atoms with Gasteiger partial charge in [0.25, 0.3) is 11.1 Å². The molecule has 0 saturated carbocycles. The van der Waals surface area contributed by atoms with Crippen LogP contribution in [0, 0.1) is 0 Å². The van der Waals surface area contributed by atoms with E-state index in [9.17, 15) is 18.0 Å². The summed E-state index contributed by atoms with van der Waals surface area (Å²) in [4.78, 5) is 26.6.